The summed E-state index contributed by atoms with van der Waals surface area (Å²) in [6.07, 6.45) is 1.68. The fourth-order valence-electron chi connectivity index (χ4n) is 1.38. The molecule has 2 aliphatic heterocycles. The van der Waals surface area contributed by atoms with E-state index in [1.54, 1.807) is 0 Å². The Labute approximate surface area is 66.6 Å². The number of epoxide rings is 1. The molecule has 0 unspecified atom stereocenters. The van der Waals surface area contributed by atoms with Crippen LogP contribution >= 0.6 is 0 Å². The molecule has 2 atom stereocenters. The SMILES string of the molecule is CC1(C)OC[C@@H](C[C@H]2CO2)O1. The number of hydrogen-bond acceptors (Lipinski definition) is 3. The highest BCUT2D eigenvalue weighted by atomic mass is 16.7. The first-order chi connectivity index (χ1) is 5.16. The van der Waals surface area contributed by atoms with Gasteiger partial charge in [-0.25, -0.2) is 0 Å². The molecule has 0 aromatic carbocycles. The molecule has 2 aliphatic rings. The zero-order valence-electron chi connectivity index (χ0n) is 7.00. The van der Waals surface area contributed by atoms with Crippen molar-refractivity contribution in [2.75, 3.05) is 13.2 Å². The van der Waals surface area contributed by atoms with E-state index in [-0.39, 0.29) is 11.9 Å². The van der Waals surface area contributed by atoms with Crippen molar-refractivity contribution in [2.45, 2.75) is 38.3 Å². The van der Waals surface area contributed by atoms with Crippen molar-refractivity contribution in [2.24, 2.45) is 0 Å². The summed E-state index contributed by atoms with van der Waals surface area (Å²) in [5.41, 5.74) is 0. The Balaban J connectivity index is 1.79. The van der Waals surface area contributed by atoms with Gasteiger partial charge in [0.25, 0.3) is 0 Å². The molecule has 64 valence electrons. The minimum absolute atomic E-state index is 0.248. The Morgan fingerprint density at radius 3 is 2.45 bits per heavy atom. The summed E-state index contributed by atoms with van der Waals surface area (Å²) in [6, 6.07) is 0. The molecule has 0 aromatic rings. The second kappa shape index (κ2) is 2.44. The maximum Gasteiger partial charge on any atom is 0.163 e. The van der Waals surface area contributed by atoms with Crippen LogP contribution in [0.5, 0.6) is 0 Å². The van der Waals surface area contributed by atoms with E-state index >= 15 is 0 Å². The van der Waals surface area contributed by atoms with Gasteiger partial charge < -0.3 is 14.2 Å². The lowest BCUT2D eigenvalue weighted by atomic mass is 10.2. The Kier molecular flexibility index (Phi) is 1.67. The summed E-state index contributed by atoms with van der Waals surface area (Å²) in [5.74, 6) is -0.375. The van der Waals surface area contributed by atoms with E-state index in [0.29, 0.717) is 12.7 Å². The van der Waals surface area contributed by atoms with Gasteiger partial charge in [0, 0.05) is 6.42 Å². The molecule has 0 amide bonds. The molecule has 2 fully saturated rings. The topological polar surface area (TPSA) is 31.0 Å². The molecule has 2 saturated heterocycles. The molecule has 0 N–H and O–H groups in total. The molecular weight excluding hydrogens is 144 g/mol. The Morgan fingerprint density at radius 1 is 1.27 bits per heavy atom. The highest BCUT2D eigenvalue weighted by Gasteiger charge is 2.36. The Bertz CT molecular complexity index is 151. The van der Waals surface area contributed by atoms with Gasteiger partial charge in [0.05, 0.1) is 25.4 Å². The lowest BCUT2D eigenvalue weighted by Gasteiger charge is -2.16. The van der Waals surface area contributed by atoms with E-state index in [2.05, 4.69) is 0 Å². The molecule has 2 rings (SSSR count). The molecule has 2 heterocycles. The van der Waals surface area contributed by atoms with Crippen LogP contribution in [0.4, 0.5) is 0 Å². The number of hydrogen-bond donors (Lipinski definition) is 0. The van der Waals surface area contributed by atoms with Crippen LogP contribution in [0.15, 0.2) is 0 Å². The minimum Gasteiger partial charge on any atom is -0.373 e. The fourth-order valence-corrected chi connectivity index (χ4v) is 1.38. The van der Waals surface area contributed by atoms with Crippen LogP contribution in [0.3, 0.4) is 0 Å². The minimum atomic E-state index is -0.375. The van der Waals surface area contributed by atoms with E-state index in [4.69, 9.17) is 14.2 Å². The van der Waals surface area contributed by atoms with Gasteiger partial charge in [-0.3, -0.25) is 0 Å². The molecule has 0 aliphatic carbocycles. The summed E-state index contributed by atoms with van der Waals surface area (Å²) < 4.78 is 16.1. The third-order valence-corrected chi connectivity index (χ3v) is 2.00. The zero-order chi connectivity index (χ0) is 7.90. The summed E-state index contributed by atoms with van der Waals surface area (Å²) >= 11 is 0. The summed E-state index contributed by atoms with van der Waals surface area (Å²) in [7, 11) is 0. The third kappa shape index (κ3) is 1.92. The lowest BCUT2D eigenvalue weighted by molar-refractivity contribution is -0.139. The van der Waals surface area contributed by atoms with E-state index in [9.17, 15) is 0 Å². The predicted molar refractivity (Wildman–Crippen MR) is 39.3 cm³/mol. The van der Waals surface area contributed by atoms with E-state index < -0.39 is 0 Å². The average Bonchev–Trinajstić information content (AvgIpc) is 2.61. The van der Waals surface area contributed by atoms with Crippen LogP contribution in [0, 0.1) is 0 Å². The van der Waals surface area contributed by atoms with Gasteiger partial charge in [-0.2, -0.15) is 0 Å². The molecular formula is C8H14O3. The highest BCUT2D eigenvalue weighted by molar-refractivity contribution is 4.79. The molecule has 0 radical (unpaired) electrons. The first kappa shape index (κ1) is 7.53. The van der Waals surface area contributed by atoms with Crippen molar-refractivity contribution in [3.63, 3.8) is 0 Å². The highest BCUT2D eigenvalue weighted by Crippen LogP contribution is 2.27. The Morgan fingerprint density at radius 2 is 2.00 bits per heavy atom. The molecule has 0 bridgehead atoms. The van der Waals surface area contributed by atoms with Crippen LogP contribution in [-0.2, 0) is 14.2 Å². The standard InChI is InChI=1S/C8H14O3/c1-8(2)10-5-7(11-8)3-6-4-9-6/h6-7H,3-5H2,1-2H3/t6-,7+/m0/s1. The van der Waals surface area contributed by atoms with Gasteiger partial charge in [-0.1, -0.05) is 0 Å². The zero-order valence-corrected chi connectivity index (χ0v) is 7.00. The summed E-state index contributed by atoms with van der Waals surface area (Å²) in [5, 5.41) is 0. The van der Waals surface area contributed by atoms with Crippen molar-refractivity contribution in [1.82, 2.24) is 0 Å². The summed E-state index contributed by atoms with van der Waals surface area (Å²) in [4.78, 5) is 0. The van der Waals surface area contributed by atoms with Crippen LogP contribution < -0.4 is 0 Å². The van der Waals surface area contributed by atoms with Gasteiger partial charge in [0.1, 0.15) is 0 Å². The van der Waals surface area contributed by atoms with Crippen LogP contribution in [0.1, 0.15) is 20.3 Å². The van der Waals surface area contributed by atoms with E-state index in [1.807, 2.05) is 13.8 Å². The van der Waals surface area contributed by atoms with Crippen LogP contribution in [0.2, 0.25) is 0 Å². The molecule has 3 nitrogen and oxygen atoms in total. The molecule has 3 heteroatoms. The normalized spacial score (nSPS) is 40.9. The van der Waals surface area contributed by atoms with Crippen LogP contribution in [0.25, 0.3) is 0 Å². The van der Waals surface area contributed by atoms with Crippen LogP contribution in [-0.4, -0.2) is 31.2 Å². The van der Waals surface area contributed by atoms with Gasteiger partial charge in [0.15, 0.2) is 5.79 Å². The Hall–Kier alpha value is -0.120. The second-order valence-electron chi connectivity index (χ2n) is 3.64. The summed E-state index contributed by atoms with van der Waals surface area (Å²) in [6.45, 7) is 5.51. The van der Waals surface area contributed by atoms with Crippen molar-refractivity contribution in [3.05, 3.63) is 0 Å². The largest absolute Gasteiger partial charge is 0.373 e. The van der Waals surface area contributed by atoms with Gasteiger partial charge in [-0.05, 0) is 13.8 Å². The second-order valence-corrected chi connectivity index (χ2v) is 3.64. The first-order valence-corrected chi connectivity index (χ1v) is 4.09. The molecule has 11 heavy (non-hydrogen) atoms. The first-order valence-electron chi connectivity index (χ1n) is 4.09. The van der Waals surface area contributed by atoms with Crippen molar-refractivity contribution >= 4 is 0 Å². The predicted octanol–water partition coefficient (Wildman–Crippen LogP) is 0.927. The fraction of sp³-hybridized carbons (Fsp3) is 1.00. The maximum atomic E-state index is 5.60. The van der Waals surface area contributed by atoms with E-state index in [1.165, 1.54) is 0 Å². The molecule has 0 spiro atoms. The number of rotatable bonds is 2. The third-order valence-electron chi connectivity index (χ3n) is 2.00. The van der Waals surface area contributed by atoms with Crippen molar-refractivity contribution in [3.8, 4) is 0 Å². The maximum absolute atomic E-state index is 5.60. The van der Waals surface area contributed by atoms with Crippen molar-refractivity contribution in [1.29, 1.82) is 0 Å². The quantitative estimate of drug-likeness (QED) is 0.560. The smallest absolute Gasteiger partial charge is 0.163 e. The molecule has 0 aromatic heterocycles. The lowest BCUT2D eigenvalue weighted by Crippen LogP contribution is -2.22. The number of ether oxygens (including phenoxy) is 3. The van der Waals surface area contributed by atoms with Gasteiger partial charge in [0.2, 0.25) is 0 Å². The molecule has 0 saturated carbocycles. The van der Waals surface area contributed by atoms with Crippen molar-refractivity contribution < 1.29 is 14.2 Å². The van der Waals surface area contributed by atoms with Gasteiger partial charge in [-0.15, -0.1) is 0 Å². The van der Waals surface area contributed by atoms with Gasteiger partial charge >= 0.3 is 0 Å². The van der Waals surface area contributed by atoms with E-state index in [0.717, 1.165) is 13.0 Å². The average molecular weight is 158 g/mol. The monoisotopic (exact) mass is 158 g/mol.